The van der Waals surface area contributed by atoms with E-state index in [0.717, 1.165) is 51.0 Å². The minimum atomic E-state index is -0.159. The van der Waals surface area contributed by atoms with E-state index in [1.165, 1.54) is 0 Å². The molecular weight excluding hydrogens is 334 g/mol. The quantitative estimate of drug-likeness (QED) is 0.820. The normalized spacial score (nSPS) is 31.3. The number of piperidine rings is 1. The Bertz CT molecular complexity index is 707. The molecule has 0 bridgehead atoms. The highest BCUT2D eigenvalue weighted by atomic mass is 16.5. The number of fused-ring (bicyclic) bond motifs is 1. The van der Waals surface area contributed by atoms with Gasteiger partial charge in [0.1, 0.15) is 5.76 Å². The standard InChI is InChI=1S/C19H25N3O4/c23-18(21-6-1-2-7-21)14-10-22(11-17-13(14)5-8-25-17)19(24)15-9-16(26-20-15)12-3-4-12/h9,12-14,17H,1-8,10-11H2/t13-,14+,17+/m0/s1. The molecule has 4 aliphatic rings. The third kappa shape index (κ3) is 2.82. The van der Waals surface area contributed by atoms with Crippen molar-refractivity contribution in [3.8, 4) is 0 Å². The second-order valence-corrected chi connectivity index (χ2v) is 8.10. The number of likely N-dealkylation sites (tertiary alicyclic amines) is 2. The molecule has 7 heteroatoms. The van der Waals surface area contributed by atoms with Crippen LogP contribution in [0.1, 0.15) is 54.3 Å². The van der Waals surface area contributed by atoms with Crippen LogP contribution in [0.15, 0.2) is 10.6 Å². The predicted octanol–water partition coefficient (Wildman–Crippen LogP) is 1.65. The molecular formula is C19H25N3O4. The number of aromatic nitrogens is 1. The van der Waals surface area contributed by atoms with E-state index in [-0.39, 0.29) is 29.8 Å². The van der Waals surface area contributed by atoms with Gasteiger partial charge in [0.15, 0.2) is 5.69 Å². The molecule has 0 N–H and O–H groups in total. The van der Waals surface area contributed by atoms with Crippen molar-refractivity contribution >= 4 is 11.8 Å². The lowest BCUT2D eigenvalue weighted by molar-refractivity contribution is -0.139. The first-order chi connectivity index (χ1) is 12.7. The SMILES string of the molecule is O=C(c1cc(C2CC2)on1)N1C[C@H]2OCC[C@H]2[C@H](C(=O)N2CCCC2)C1. The van der Waals surface area contributed by atoms with E-state index >= 15 is 0 Å². The lowest BCUT2D eigenvalue weighted by atomic mass is 9.81. The Balaban J connectivity index is 1.35. The molecule has 1 aromatic rings. The summed E-state index contributed by atoms with van der Waals surface area (Å²) < 4.78 is 11.2. The van der Waals surface area contributed by atoms with Crippen molar-refractivity contribution in [2.75, 3.05) is 32.8 Å². The van der Waals surface area contributed by atoms with Crippen LogP contribution in [0.25, 0.3) is 0 Å². The molecule has 3 aliphatic heterocycles. The van der Waals surface area contributed by atoms with Crippen LogP contribution in [-0.4, -0.2) is 65.7 Å². The summed E-state index contributed by atoms with van der Waals surface area (Å²) in [6.45, 7) is 3.37. The zero-order chi connectivity index (χ0) is 17.7. The van der Waals surface area contributed by atoms with E-state index in [1.807, 2.05) is 4.90 Å². The lowest BCUT2D eigenvalue weighted by Crippen LogP contribution is -2.54. The van der Waals surface area contributed by atoms with Gasteiger partial charge in [-0.05, 0) is 32.1 Å². The van der Waals surface area contributed by atoms with E-state index in [2.05, 4.69) is 5.16 Å². The van der Waals surface area contributed by atoms with Gasteiger partial charge in [0.05, 0.1) is 12.0 Å². The molecule has 7 nitrogen and oxygen atoms in total. The Morgan fingerprint density at radius 3 is 2.65 bits per heavy atom. The molecule has 26 heavy (non-hydrogen) atoms. The number of ether oxygens (including phenoxy) is 1. The minimum absolute atomic E-state index is 0.0425. The molecule has 3 saturated heterocycles. The topological polar surface area (TPSA) is 75.9 Å². The summed E-state index contributed by atoms with van der Waals surface area (Å²) in [5, 5.41) is 3.98. The van der Waals surface area contributed by atoms with Gasteiger partial charge < -0.3 is 19.1 Å². The highest BCUT2D eigenvalue weighted by Gasteiger charge is 2.47. The fourth-order valence-electron chi connectivity index (χ4n) is 4.69. The molecule has 4 heterocycles. The van der Waals surface area contributed by atoms with E-state index < -0.39 is 0 Å². The highest BCUT2D eigenvalue weighted by molar-refractivity contribution is 5.93. The monoisotopic (exact) mass is 359 g/mol. The summed E-state index contributed by atoms with van der Waals surface area (Å²) in [4.78, 5) is 29.7. The largest absolute Gasteiger partial charge is 0.376 e. The van der Waals surface area contributed by atoms with Crippen LogP contribution in [-0.2, 0) is 9.53 Å². The molecule has 1 saturated carbocycles. The fraction of sp³-hybridized carbons (Fsp3) is 0.737. The van der Waals surface area contributed by atoms with Crippen molar-refractivity contribution in [3.63, 3.8) is 0 Å². The van der Waals surface area contributed by atoms with Gasteiger partial charge in [-0.2, -0.15) is 0 Å². The van der Waals surface area contributed by atoms with Crippen LogP contribution in [0.3, 0.4) is 0 Å². The zero-order valence-corrected chi connectivity index (χ0v) is 14.9. The van der Waals surface area contributed by atoms with E-state index in [1.54, 1.807) is 11.0 Å². The van der Waals surface area contributed by atoms with Gasteiger partial charge in [-0.25, -0.2) is 0 Å². The third-order valence-corrected chi connectivity index (χ3v) is 6.34. The molecule has 0 aromatic carbocycles. The maximum atomic E-state index is 13.0. The summed E-state index contributed by atoms with van der Waals surface area (Å²) in [6.07, 6.45) is 5.24. The predicted molar refractivity (Wildman–Crippen MR) is 91.5 cm³/mol. The van der Waals surface area contributed by atoms with Crippen LogP contribution in [0.4, 0.5) is 0 Å². The Kier molecular flexibility index (Phi) is 3.99. The molecule has 0 unspecified atom stereocenters. The lowest BCUT2D eigenvalue weighted by Gasteiger charge is -2.40. The number of carbonyl (C=O) groups is 2. The van der Waals surface area contributed by atoms with Gasteiger partial charge in [-0.3, -0.25) is 9.59 Å². The van der Waals surface area contributed by atoms with Gasteiger partial charge in [-0.1, -0.05) is 5.16 Å². The Morgan fingerprint density at radius 2 is 1.88 bits per heavy atom. The molecule has 1 aromatic heterocycles. The summed E-state index contributed by atoms with van der Waals surface area (Å²) in [5.41, 5.74) is 0.357. The van der Waals surface area contributed by atoms with E-state index in [4.69, 9.17) is 9.26 Å². The van der Waals surface area contributed by atoms with Gasteiger partial charge in [0.2, 0.25) is 5.91 Å². The second-order valence-electron chi connectivity index (χ2n) is 8.10. The molecule has 1 aliphatic carbocycles. The fourth-order valence-corrected chi connectivity index (χ4v) is 4.69. The molecule has 5 rings (SSSR count). The summed E-state index contributed by atoms with van der Waals surface area (Å²) in [7, 11) is 0. The number of hydrogen-bond acceptors (Lipinski definition) is 5. The molecule has 0 spiro atoms. The van der Waals surface area contributed by atoms with Crippen LogP contribution >= 0.6 is 0 Å². The Morgan fingerprint density at radius 1 is 1.08 bits per heavy atom. The Labute approximate surface area is 152 Å². The highest BCUT2D eigenvalue weighted by Crippen LogP contribution is 2.40. The van der Waals surface area contributed by atoms with Gasteiger partial charge in [0.25, 0.3) is 5.91 Å². The van der Waals surface area contributed by atoms with Crippen molar-refractivity contribution in [2.45, 2.75) is 44.1 Å². The molecule has 140 valence electrons. The molecule has 3 atom stereocenters. The smallest absolute Gasteiger partial charge is 0.276 e. The van der Waals surface area contributed by atoms with Crippen LogP contribution < -0.4 is 0 Å². The first-order valence-electron chi connectivity index (χ1n) is 9.87. The van der Waals surface area contributed by atoms with Gasteiger partial charge in [-0.15, -0.1) is 0 Å². The van der Waals surface area contributed by atoms with Crippen molar-refractivity contribution < 1.29 is 18.8 Å². The minimum Gasteiger partial charge on any atom is -0.376 e. The Hall–Kier alpha value is -1.89. The van der Waals surface area contributed by atoms with Crippen LogP contribution in [0.2, 0.25) is 0 Å². The maximum absolute atomic E-state index is 13.0. The summed E-state index contributed by atoms with van der Waals surface area (Å²) >= 11 is 0. The molecule has 0 radical (unpaired) electrons. The first-order valence-corrected chi connectivity index (χ1v) is 9.87. The zero-order valence-electron chi connectivity index (χ0n) is 14.9. The van der Waals surface area contributed by atoms with Gasteiger partial charge >= 0.3 is 0 Å². The maximum Gasteiger partial charge on any atom is 0.276 e. The van der Waals surface area contributed by atoms with E-state index in [9.17, 15) is 9.59 Å². The first kappa shape index (κ1) is 16.3. The van der Waals surface area contributed by atoms with Crippen molar-refractivity contribution in [1.82, 2.24) is 15.0 Å². The van der Waals surface area contributed by atoms with Crippen LogP contribution in [0, 0.1) is 11.8 Å². The van der Waals surface area contributed by atoms with E-state index in [0.29, 0.717) is 31.3 Å². The van der Waals surface area contributed by atoms with Gasteiger partial charge in [0, 0.05) is 50.7 Å². The number of hydrogen-bond donors (Lipinski definition) is 0. The average molecular weight is 359 g/mol. The molecule has 4 fully saturated rings. The van der Waals surface area contributed by atoms with Crippen molar-refractivity contribution in [3.05, 3.63) is 17.5 Å². The van der Waals surface area contributed by atoms with Crippen molar-refractivity contribution in [1.29, 1.82) is 0 Å². The summed E-state index contributed by atoms with van der Waals surface area (Å²) in [5.74, 6) is 1.36. The molecule has 2 amide bonds. The average Bonchev–Trinajstić information content (AvgIpc) is 3.13. The van der Waals surface area contributed by atoms with Crippen LogP contribution in [0.5, 0.6) is 0 Å². The number of amides is 2. The second kappa shape index (κ2) is 6.37. The number of nitrogens with zero attached hydrogens (tertiary/aromatic N) is 3. The van der Waals surface area contributed by atoms with Crippen molar-refractivity contribution in [2.24, 2.45) is 11.8 Å². The summed E-state index contributed by atoms with van der Waals surface area (Å²) in [6, 6.07) is 1.78. The number of carbonyl (C=O) groups excluding carboxylic acids is 2. The number of rotatable bonds is 3. The third-order valence-electron chi connectivity index (χ3n) is 6.34.